The van der Waals surface area contributed by atoms with Gasteiger partial charge in [-0.1, -0.05) is 26.7 Å². The summed E-state index contributed by atoms with van der Waals surface area (Å²) in [5, 5.41) is 9.16. The fourth-order valence-corrected chi connectivity index (χ4v) is 3.31. The van der Waals surface area contributed by atoms with E-state index in [0.29, 0.717) is 25.6 Å². The van der Waals surface area contributed by atoms with Crippen LogP contribution in [0.5, 0.6) is 0 Å². The number of carbonyl (C=O) groups excluding carboxylic acids is 1. The average molecular weight is 271 g/mol. The van der Waals surface area contributed by atoms with Gasteiger partial charge < -0.3 is 14.7 Å². The molecule has 112 valence electrons. The molecule has 1 saturated carbocycles. The monoisotopic (exact) mass is 271 g/mol. The largest absolute Gasteiger partial charge is 0.395 e. The lowest BCUT2D eigenvalue weighted by molar-refractivity contribution is -0.144. The van der Waals surface area contributed by atoms with E-state index in [9.17, 15) is 4.79 Å². The van der Waals surface area contributed by atoms with E-state index in [0.717, 1.165) is 32.1 Å². The summed E-state index contributed by atoms with van der Waals surface area (Å²) in [6.07, 6.45) is 5.25. The van der Waals surface area contributed by atoms with Crippen molar-refractivity contribution in [3.05, 3.63) is 0 Å². The molecule has 1 aliphatic carbocycles. The number of carbonyl (C=O) groups is 1. The number of ether oxygens (including phenoxy) is 1. The number of rotatable bonds is 8. The molecule has 19 heavy (non-hydrogen) atoms. The van der Waals surface area contributed by atoms with E-state index in [-0.39, 0.29) is 17.9 Å². The van der Waals surface area contributed by atoms with Gasteiger partial charge in [-0.15, -0.1) is 0 Å². The van der Waals surface area contributed by atoms with Gasteiger partial charge >= 0.3 is 0 Å². The fraction of sp³-hybridized carbons (Fsp3) is 0.933. The standard InChI is InChI=1S/C15H29NO3/c1-13(2)12-15(6-4-5-7-15)14(18)16(8-10-17)9-11-19-3/h13,17H,4-12H2,1-3H3. The van der Waals surface area contributed by atoms with E-state index in [1.165, 1.54) is 0 Å². The molecule has 0 radical (unpaired) electrons. The molecule has 0 spiro atoms. The zero-order chi connectivity index (χ0) is 14.3. The van der Waals surface area contributed by atoms with Gasteiger partial charge in [0.25, 0.3) is 0 Å². The maximum absolute atomic E-state index is 12.9. The first-order valence-electron chi connectivity index (χ1n) is 7.45. The zero-order valence-electron chi connectivity index (χ0n) is 12.7. The second-order valence-corrected chi connectivity index (χ2v) is 6.09. The van der Waals surface area contributed by atoms with E-state index in [2.05, 4.69) is 13.8 Å². The van der Waals surface area contributed by atoms with Crippen molar-refractivity contribution in [1.82, 2.24) is 4.90 Å². The predicted molar refractivity (Wildman–Crippen MR) is 75.9 cm³/mol. The smallest absolute Gasteiger partial charge is 0.228 e. The van der Waals surface area contributed by atoms with Gasteiger partial charge in [-0.3, -0.25) is 4.79 Å². The third-order valence-electron chi connectivity index (χ3n) is 4.04. The minimum Gasteiger partial charge on any atom is -0.395 e. The Labute approximate surface area is 117 Å². The van der Waals surface area contributed by atoms with Crippen molar-refractivity contribution in [2.75, 3.05) is 33.4 Å². The van der Waals surface area contributed by atoms with E-state index >= 15 is 0 Å². The molecule has 0 atom stereocenters. The maximum atomic E-state index is 12.9. The Balaban J connectivity index is 2.77. The van der Waals surface area contributed by atoms with Crippen molar-refractivity contribution in [1.29, 1.82) is 0 Å². The van der Waals surface area contributed by atoms with Crippen LogP contribution in [0.1, 0.15) is 46.0 Å². The molecule has 0 aliphatic heterocycles. The van der Waals surface area contributed by atoms with E-state index in [4.69, 9.17) is 9.84 Å². The molecule has 0 aromatic carbocycles. The van der Waals surface area contributed by atoms with E-state index in [1.807, 2.05) is 0 Å². The van der Waals surface area contributed by atoms with Gasteiger partial charge in [-0.25, -0.2) is 0 Å². The Morgan fingerprint density at radius 1 is 1.32 bits per heavy atom. The lowest BCUT2D eigenvalue weighted by atomic mass is 9.77. The summed E-state index contributed by atoms with van der Waals surface area (Å²) in [4.78, 5) is 14.6. The Hall–Kier alpha value is -0.610. The van der Waals surface area contributed by atoms with Crippen molar-refractivity contribution in [3.63, 3.8) is 0 Å². The summed E-state index contributed by atoms with van der Waals surface area (Å²) in [7, 11) is 1.64. The molecular formula is C15H29NO3. The van der Waals surface area contributed by atoms with Crippen LogP contribution in [-0.4, -0.2) is 49.3 Å². The topological polar surface area (TPSA) is 49.8 Å². The number of hydrogen-bond acceptors (Lipinski definition) is 3. The molecule has 0 bridgehead atoms. The Bertz CT molecular complexity index is 273. The number of amides is 1. The van der Waals surface area contributed by atoms with Crippen molar-refractivity contribution in [2.24, 2.45) is 11.3 Å². The SMILES string of the molecule is COCCN(CCO)C(=O)C1(CC(C)C)CCCC1. The van der Waals surface area contributed by atoms with Crippen LogP contribution in [-0.2, 0) is 9.53 Å². The fourth-order valence-electron chi connectivity index (χ4n) is 3.31. The summed E-state index contributed by atoms with van der Waals surface area (Å²) in [6, 6.07) is 0. The molecule has 4 heteroatoms. The molecule has 1 fully saturated rings. The summed E-state index contributed by atoms with van der Waals surface area (Å²) in [5.41, 5.74) is -0.183. The lowest BCUT2D eigenvalue weighted by Gasteiger charge is -2.35. The van der Waals surface area contributed by atoms with Crippen LogP contribution in [0, 0.1) is 11.3 Å². The third-order valence-corrected chi connectivity index (χ3v) is 4.04. The molecule has 1 aliphatic rings. The summed E-state index contributed by atoms with van der Waals surface area (Å²) in [6.45, 7) is 5.91. The van der Waals surface area contributed by atoms with Gasteiger partial charge in [0, 0.05) is 25.6 Å². The first-order valence-corrected chi connectivity index (χ1v) is 7.45. The van der Waals surface area contributed by atoms with Crippen LogP contribution in [0.3, 0.4) is 0 Å². The zero-order valence-corrected chi connectivity index (χ0v) is 12.7. The van der Waals surface area contributed by atoms with Gasteiger partial charge in [-0.2, -0.15) is 0 Å². The number of nitrogens with zero attached hydrogens (tertiary/aromatic N) is 1. The van der Waals surface area contributed by atoms with E-state index in [1.54, 1.807) is 12.0 Å². The molecule has 1 rings (SSSR count). The van der Waals surface area contributed by atoms with Gasteiger partial charge in [0.1, 0.15) is 0 Å². The Kier molecular flexibility index (Phi) is 6.80. The van der Waals surface area contributed by atoms with Crippen LogP contribution in [0.2, 0.25) is 0 Å². The predicted octanol–water partition coefficient (Wildman–Crippen LogP) is 2.06. The number of aliphatic hydroxyl groups excluding tert-OH is 1. The quantitative estimate of drug-likeness (QED) is 0.735. The highest BCUT2D eigenvalue weighted by atomic mass is 16.5. The number of hydrogen-bond donors (Lipinski definition) is 1. The van der Waals surface area contributed by atoms with Crippen LogP contribution in [0.25, 0.3) is 0 Å². The normalized spacial score (nSPS) is 17.9. The van der Waals surface area contributed by atoms with Gasteiger partial charge in [0.05, 0.1) is 13.2 Å². The van der Waals surface area contributed by atoms with Crippen molar-refractivity contribution >= 4 is 5.91 Å². The first-order chi connectivity index (χ1) is 9.05. The molecule has 1 amide bonds. The summed E-state index contributed by atoms with van der Waals surface area (Å²) < 4.78 is 5.07. The van der Waals surface area contributed by atoms with Crippen LogP contribution < -0.4 is 0 Å². The Morgan fingerprint density at radius 3 is 2.42 bits per heavy atom. The van der Waals surface area contributed by atoms with Crippen molar-refractivity contribution < 1.29 is 14.6 Å². The molecule has 0 saturated heterocycles. The van der Waals surface area contributed by atoms with Gasteiger partial charge in [0.2, 0.25) is 5.91 Å². The second-order valence-electron chi connectivity index (χ2n) is 6.09. The minimum atomic E-state index is -0.183. The molecule has 0 aromatic heterocycles. The van der Waals surface area contributed by atoms with Gasteiger partial charge in [0.15, 0.2) is 0 Å². The molecule has 0 unspecified atom stereocenters. The number of methoxy groups -OCH3 is 1. The second kappa shape index (κ2) is 7.85. The van der Waals surface area contributed by atoms with Crippen LogP contribution >= 0.6 is 0 Å². The highest BCUT2D eigenvalue weighted by Crippen LogP contribution is 2.44. The van der Waals surface area contributed by atoms with E-state index < -0.39 is 0 Å². The Morgan fingerprint density at radius 2 is 1.95 bits per heavy atom. The average Bonchev–Trinajstić information content (AvgIpc) is 2.82. The molecule has 0 aromatic rings. The molecule has 4 nitrogen and oxygen atoms in total. The van der Waals surface area contributed by atoms with Crippen molar-refractivity contribution in [3.8, 4) is 0 Å². The summed E-state index contributed by atoms with van der Waals surface area (Å²) >= 11 is 0. The number of aliphatic hydroxyl groups is 1. The first kappa shape index (κ1) is 16.4. The van der Waals surface area contributed by atoms with Crippen LogP contribution in [0.4, 0.5) is 0 Å². The van der Waals surface area contributed by atoms with Crippen molar-refractivity contribution in [2.45, 2.75) is 46.0 Å². The molecule has 0 heterocycles. The van der Waals surface area contributed by atoms with Crippen LogP contribution in [0.15, 0.2) is 0 Å². The lowest BCUT2D eigenvalue weighted by Crippen LogP contribution is -2.46. The highest BCUT2D eigenvalue weighted by Gasteiger charge is 2.43. The van der Waals surface area contributed by atoms with Gasteiger partial charge in [-0.05, 0) is 25.2 Å². The third kappa shape index (κ3) is 4.46. The minimum absolute atomic E-state index is 0.0210. The summed E-state index contributed by atoms with van der Waals surface area (Å²) in [5.74, 6) is 0.755. The maximum Gasteiger partial charge on any atom is 0.228 e. The molecule has 1 N–H and O–H groups in total. The molecular weight excluding hydrogens is 242 g/mol. The highest BCUT2D eigenvalue weighted by molar-refractivity contribution is 5.83.